The third-order valence-corrected chi connectivity index (χ3v) is 3.01. The molecule has 1 heterocycles. The molecule has 0 fully saturated rings. The zero-order valence-electron chi connectivity index (χ0n) is 11.0. The summed E-state index contributed by atoms with van der Waals surface area (Å²) in [6, 6.07) is 3.15. The van der Waals surface area contributed by atoms with Crippen LogP contribution in [0.1, 0.15) is 51.8 Å². The molecule has 17 heavy (non-hydrogen) atoms. The average Bonchev–Trinajstić information content (AvgIpc) is 2.32. The fourth-order valence-corrected chi connectivity index (χ4v) is 2.12. The monoisotopic (exact) mass is 238 g/mol. The quantitative estimate of drug-likeness (QED) is 0.783. The number of pyridine rings is 1. The van der Waals surface area contributed by atoms with Gasteiger partial charge in [-0.2, -0.15) is 0 Å². The first-order valence-electron chi connectivity index (χ1n) is 6.54. The van der Waals surface area contributed by atoms with Crippen molar-refractivity contribution < 1.29 is 4.39 Å². The lowest BCUT2D eigenvalue weighted by molar-refractivity contribution is 0.345. The molecule has 1 rings (SSSR count). The van der Waals surface area contributed by atoms with Crippen molar-refractivity contribution >= 4 is 0 Å². The molecule has 0 saturated heterocycles. The van der Waals surface area contributed by atoms with Gasteiger partial charge in [0.25, 0.3) is 0 Å². The molecule has 0 amide bonds. The van der Waals surface area contributed by atoms with Crippen LogP contribution in [-0.2, 0) is 0 Å². The summed E-state index contributed by atoms with van der Waals surface area (Å²) in [7, 11) is 0. The topological polar surface area (TPSA) is 24.9 Å². The highest BCUT2D eigenvalue weighted by molar-refractivity contribution is 5.12. The molecular formula is C14H23FN2. The van der Waals surface area contributed by atoms with Crippen LogP contribution in [-0.4, -0.2) is 11.5 Å². The summed E-state index contributed by atoms with van der Waals surface area (Å²) < 4.78 is 13.8. The zero-order chi connectivity index (χ0) is 12.7. The van der Waals surface area contributed by atoms with E-state index in [2.05, 4.69) is 31.1 Å². The normalized spacial score (nSPS) is 14.6. The van der Waals surface area contributed by atoms with Gasteiger partial charge in [-0.25, -0.2) is 4.39 Å². The molecule has 0 radical (unpaired) electrons. The Morgan fingerprint density at radius 1 is 1.35 bits per heavy atom. The molecule has 0 saturated carbocycles. The van der Waals surface area contributed by atoms with E-state index >= 15 is 0 Å². The smallest absolute Gasteiger partial charge is 0.146 e. The summed E-state index contributed by atoms with van der Waals surface area (Å²) in [5, 5.41) is 3.41. The summed E-state index contributed by atoms with van der Waals surface area (Å²) >= 11 is 0. The highest BCUT2D eigenvalue weighted by atomic mass is 19.1. The molecular weight excluding hydrogens is 215 g/mol. The van der Waals surface area contributed by atoms with Gasteiger partial charge in [-0.15, -0.1) is 0 Å². The van der Waals surface area contributed by atoms with Crippen molar-refractivity contribution in [2.45, 2.75) is 46.1 Å². The fourth-order valence-electron chi connectivity index (χ4n) is 2.12. The molecule has 0 spiro atoms. The number of nitrogens with zero attached hydrogens (tertiary/aromatic N) is 1. The summed E-state index contributed by atoms with van der Waals surface area (Å²) in [6.45, 7) is 7.32. The number of halogens is 1. The molecule has 0 aliphatic heterocycles. The summed E-state index contributed by atoms with van der Waals surface area (Å²) in [5.41, 5.74) is 0.557. The standard InChI is InChI=1S/C14H23FN2/c1-4-7-11(3)13(16-9-5-2)14-12(15)8-6-10-17-14/h6,8,10-11,13,16H,4-5,7,9H2,1-3H3. The maximum atomic E-state index is 13.8. The van der Waals surface area contributed by atoms with E-state index in [0.29, 0.717) is 11.6 Å². The van der Waals surface area contributed by atoms with E-state index in [-0.39, 0.29) is 11.9 Å². The minimum absolute atomic E-state index is 0.0242. The molecule has 0 aliphatic carbocycles. The van der Waals surface area contributed by atoms with Crippen LogP contribution in [0.2, 0.25) is 0 Å². The number of rotatable bonds is 7. The second-order valence-corrected chi connectivity index (χ2v) is 4.57. The van der Waals surface area contributed by atoms with Crippen LogP contribution in [0.5, 0.6) is 0 Å². The number of aromatic nitrogens is 1. The third kappa shape index (κ3) is 4.08. The van der Waals surface area contributed by atoms with E-state index in [1.807, 2.05) is 0 Å². The Bertz CT molecular complexity index is 328. The first-order chi connectivity index (χ1) is 8.20. The van der Waals surface area contributed by atoms with Crippen LogP contribution >= 0.6 is 0 Å². The number of hydrogen-bond donors (Lipinski definition) is 1. The Balaban J connectivity index is 2.85. The molecule has 2 atom stereocenters. The highest BCUT2D eigenvalue weighted by Gasteiger charge is 2.22. The molecule has 0 bridgehead atoms. The van der Waals surface area contributed by atoms with E-state index in [1.54, 1.807) is 12.3 Å². The van der Waals surface area contributed by atoms with Crippen LogP contribution in [0.15, 0.2) is 18.3 Å². The van der Waals surface area contributed by atoms with Gasteiger partial charge in [0, 0.05) is 6.20 Å². The van der Waals surface area contributed by atoms with Gasteiger partial charge in [0.2, 0.25) is 0 Å². The Labute approximate surface area is 104 Å². The Hall–Kier alpha value is -0.960. The maximum absolute atomic E-state index is 13.8. The fraction of sp³-hybridized carbons (Fsp3) is 0.643. The molecule has 2 nitrogen and oxygen atoms in total. The highest BCUT2D eigenvalue weighted by Crippen LogP contribution is 2.25. The van der Waals surface area contributed by atoms with Crippen LogP contribution in [0.3, 0.4) is 0 Å². The Morgan fingerprint density at radius 2 is 2.12 bits per heavy atom. The SMILES string of the molecule is CCCNC(c1ncccc1F)C(C)CCC. The largest absolute Gasteiger partial charge is 0.308 e. The molecule has 1 aromatic heterocycles. The minimum Gasteiger partial charge on any atom is -0.308 e. The molecule has 3 heteroatoms. The number of nitrogens with one attached hydrogen (secondary N) is 1. The third-order valence-electron chi connectivity index (χ3n) is 3.01. The van der Waals surface area contributed by atoms with Gasteiger partial charge >= 0.3 is 0 Å². The second kappa shape index (κ2) is 7.38. The molecule has 0 aliphatic rings. The maximum Gasteiger partial charge on any atom is 0.146 e. The zero-order valence-corrected chi connectivity index (χ0v) is 11.0. The summed E-state index contributed by atoms with van der Waals surface area (Å²) in [4.78, 5) is 4.20. The van der Waals surface area contributed by atoms with E-state index in [0.717, 1.165) is 25.8 Å². The van der Waals surface area contributed by atoms with Gasteiger partial charge in [-0.3, -0.25) is 4.98 Å². The predicted octanol–water partition coefficient (Wildman–Crippen LogP) is 3.70. The van der Waals surface area contributed by atoms with Gasteiger partial charge in [0.15, 0.2) is 0 Å². The van der Waals surface area contributed by atoms with Crippen LogP contribution in [0, 0.1) is 11.7 Å². The van der Waals surface area contributed by atoms with Gasteiger partial charge < -0.3 is 5.32 Å². The van der Waals surface area contributed by atoms with Gasteiger partial charge in [-0.05, 0) is 37.4 Å². The lowest BCUT2D eigenvalue weighted by Gasteiger charge is -2.24. The van der Waals surface area contributed by atoms with Gasteiger partial charge in [0.1, 0.15) is 5.82 Å². The average molecular weight is 238 g/mol. The lowest BCUT2D eigenvalue weighted by atomic mass is 9.93. The van der Waals surface area contributed by atoms with Crippen molar-refractivity contribution in [1.82, 2.24) is 10.3 Å². The van der Waals surface area contributed by atoms with Crippen molar-refractivity contribution in [3.63, 3.8) is 0 Å². The first-order valence-corrected chi connectivity index (χ1v) is 6.54. The van der Waals surface area contributed by atoms with Crippen molar-refractivity contribution in [1.29, 1.82) is 0 Å². The Morgan fingerprint density at radius 3 is 2.71 bits per heavy atom. The molecule has 0 aromatic carbocycles. The predicted molar refractivity (Wildman–Crippen MR) is 69.3 cm³/mol. The molecule has 1 N–H and O–H groups in total. The van der Waals surface area contributed by atoms with Crippen molar-refractivity contribution in [3.8, 4) is 0 Å². The Kier molecular flexibility index (Phi) is 6.12. The minimum atomic E-state index is -0.205. The lowest BCUT2D eigenvalue weighted by Crippen LogP contribution is -2.29. The van der Waals surface area contributed by atoms with E-state index in [9.17, 15) is 4.39 Å². The number of hydrogen-bond acceptors (Lipinski definition) is 2. The van der Waals surface area contributed by atoms with Crippen molar-refractivity contribution in [2.24, 2.45) is 5.92 Å². The van der Waals surface area contributed by atoms with E-state index in [1.165, 1.54) is 6.07 Å². The first kappa shape index (κ1) is 14.1. The molecule has 1 aromatic rings. The van der Waals surface area contributed by atoms with Gasteiger partial charge in [0.05, 0.1) is 11.7 Å². The van der Waals surface area contributed by atoms with E-state index < -0.39 is 0 Å². The van der Waals surface area contributed by atoms with E-state index in [4.69, 9.17) is 0 Å². The van der Waals surface area contributed by atoms with Crippen LogP contribution in [0.25, 0.3) is 0 Å². The molecule has 96 valence electrons. The van der Waals surface area contributed by atoms with Crippen molar-refractivity contribution in [2.75, 3.05) is 6.54 Å². The van der Waals surface area contributed by atoms with Gasteiger partial charge in [-0.1, -0.05) is 27.2 Å². The van der Waals surface area contributed by atoms with Crippen LogP contribution < -0.4 is 5.32 Å². The molecule has 2 unspecified atom stereocenters. The van der Waals surface area contributed by atoms with Crippen molar-refractivity contribution in [3.05, 3.63) is 29.8 Å². The van der Waals surface area contributed by atoms with Crippen LogP contribution in [0.4, 0.5) is 4.39 Å². The second-order valence-electron chi connectivity index (χ2n) is 4.57. The summed E-state index contributed by atoms with van der Waals surface area (Å²) in [6.07, 6.45) is 4.90. The summed E-state index contributed by atoms with van der Waals surface area (Å²) in [5.74, 6) is 0.194.